The number of aldehydes is 1. The van der Waals surface area contributed by atoms with Gasteiger partial charge in [0.15, 0.2) is 17.5 Å². The summed E-state index contributed by atoms with van der Waals surface area (Å²) in [7, 11) is 3.47. The molecule has 3 aliphatic heterocycles. The lowest BCUT2D eigenvalue weighted by molar-refractivity contribution is 0.00692. The van der Waals surface area contributed by atoms with Crippen LogP contribution in [0, 0.1) is 53.0 Å². The molecule has 6 heterocycles. The zero-order valence-electron chi connectivity index (χ0n) is 52.9. The van der Waals surface area contributed by atoms with E-state index in [4.69, 9.17) is 22.5 Å². The number of halogens is 6. The average molecular weight is 1590 g/mol. The number of hydrogen-bond acceptors (Lipinski definition) is 19. The van der Waals surface area contributed by atoms with Crippen molar-refractivity contribution < 1.29 is 60.9 Å². The van der Waals surface area contributed by atoms with Crippen LogP contribution in [-0.4, -0.2) is 161 Å². The molecule has 3 saturated heterocycles. The lowest BCUT2D eigenvalue weighted by Gasteiger charge is -2.43. The molecule has 28 nitrogen and oxygen atoms in total. The largest absolute Gasteiger partial charge is 0.453 e. The minimum absolute atomic E-state index is 0. The predicted octanol–water partition coefficient (Wildman–Crippen LogP) is 7.63. The number of alkyl halides is 3. The quantitative estimate of drug-likeness (QED) is 0.0200. The van der Waals surface area contributed by atoms with Gasteiger partial charge in [-0.25, -0.2) is 27.6 Å². The number of likely N-dealkylation sites (tertiary alicyclic amines) is 2. The number of nitrogens with zero attached hydrogens (tertiary/aromatic N) is 11. The molecule has 6 unspecified atom stereocenters. The highest BCUT2D eigenvalue weighted by atomic mass is 127. The second-order valence-electron chi connectivity index (χ2n) is 22.0. The highest BCUT2D eigenvalue weighted by Gasteiger charge is 2.49. The Morgan fingerprint density at radius 3 is 1.26 bits per heavy atom. The van der Waals surface area contributed by atoms with E-state index >= 15 is 8.78 Å². The van der Waals surface area contributed by atoms with E-state index in [0.717, 1.165) is 57.0 Å². The van der Waals surface area contributed by atoms with Crippen LogP contribution in [0.25, 0.3) is 0 Å². The van der Waals surface area contributed by atoms with Gasteiger partial charge in [-0.3, -0.25) is 59.0 Å². The Bertz CT molecular complexity index is 3950. The molecule has 3 fully saturated rings. The molecule has 0 radical (unpaired) electrons. The van der Waals surface area contributed by atoms with Gasteiger partial charge in [-0.15, -0.1) is 18.3 Å². The van der Waals surface area contributed by atoms with Crippen LogP contribution in [0.1, 0.15) is 104 Å². The standard InChI is InChI=1S/C23H25FN6O3.C20H22FIN6O3.C13H17FN6O3.C7H5IO.ClH/c1-3-4-16-5-7-17(8-6-16)13-29-12-10-23(9-11-25,19(24)15-29)30-14-18(20(26)31)21(28-30)27-22(32)33-2;1-31-19(30)25-18-15(17(24)29)11-28(26-18)20(6-8-23)7-9-27(12-16(20)21)10-13-2-4-14(22)5-3-13;1-23-12(22)18-11-8(10(16)21)7-20(19-11)13(2-4-15)3-5-17-6-9(13)14;8-7-3-1-6(5-9)2-4-7;/h5-8,14,19H,9-10,12-13,15H2,1-2H3,(H2,26,31)(H,27,28,32);2-5,11,16H,6-7,9-10,12H2,1H3,(H2,24,29)(H,25,26,30);7,9,17H,2-3,5-6H2,1H3,(H2,16,21)(H,18,19,22);1-5H;1H. The molecule has 3 aromatic heterocycles. The van der Waals surface area contributed by atoms with Crippen LogP contribution in [0.3, 0.4) is 0 Å². The number of aromatic nitrogens is 6. The van der Waals surface area contributed by atoms with E-state index < -0.39 is 71.1 Å². The van der Waals surface area contributed by atoms with Gasteiger partial charge in [-0.1, -0.05) is 42.3 Å². The Labute approximate surface area is 589 Å². The van der Waals surface area contributed by atoms with Crippen molar-refractivity contribution >= 4 is 117 Å². The van der Waals surface area contributed by atoms with E-state index in [1.165, 1.54) is 32.6 Å². The van der Waals surface area contributed by atoms with E-state index in [1.54, 1.807) is 19.1 Å². The number of methoxy groups -OCH3 is 3. The summed E-state index contributed by atoms with van der Waals surface area (Å²) in [4.78, 5) is 83.8. The Hall–Kier alpha value is -9.37. The number of ether oxygens (including phenoxy) is 3. The second kappa shape index (κ2) is 36.7. The first-order chi connectivity index (χ1) is 45.9. The Morgan fingerprint density at radius 1 is 0.598 bits per heavy atom. The van der Waals surface area contributed by atoms with Crippen molar-refractivity contribution in [3.63, 3.8) is 0 Å². The molecule has 0 spiro atoms. The predicted molar refractivity (Wildman–Crippen MR) is 367 cm³/mol. The van der Waals surface area contributed by atoms with Crippen molar-refractivity contribution in [2.45, 2.75) is 93.7 Å². The molecular formula is C63H70ClF3I2N18O10. The lowest BCUT2D eigenvalue weighted by atomic mass is 9.83. The number of hydrogen-bond donors (Lipinski definition) is 7. The minimum Gasteiger partial charge on any atom is -0.453 e. The second-order valence-corrected chi connectivity index (χ2v) is 24.5. The SMILES string of the molecule is CC#Cc1ccc(CN2CCC(CC#N)(n3cc(C(N)=O)c(NC(=O)OC)n3)C(F)C2)cc1.COC(=O)Nc1nn(C2(CC#N)CCN(Cc3ccc(I)cc3)CC2F)cc1C(N)=O.COC(=O)Nc1nn(C2(CC#N)CCNCC2F)cc1C(N)=O.Cl.O=Cc1ccc(I)cc1. The summed E-state index contributed by atoms with van der Waals surface area (Å²) in [6, 6.07) is 29.2. The fraction of sp³-hybridized carbons (Fsp3) is 0.381. The zero-order valence-corrected chi connectivity index (χ0v) is 58.0. The van der Waals surface area contributed by atoms with E-state index in [0.29, 0.717) is 45.6 Å². The highest BCUT2D eigenvalue weighted by molar-refractivity contribution is 14.1. The van der Waals surface area contributed by atoms with Crippen molar-refractivity contribution in [1.82, 2.24) is 44.5 Å². The first kappa shape index (κ1) is 78.3. The number of rotatable bonds is 17. The Kier molecular flexibility index (Phi) is 29.6. The number of anilines is 3. The van der Waals surface area contributed by atoms with Crippen LogP contribution in [-0.2, 0) is 43.9 Å². The van der Waals surface area contributed by atoms with Crippen LogP contribution < -0.4 is 38.5 Å². The summed E-state index contributed by atoms with van der Waals surface area (Å²) >= 11 is 4.43. The summed E-state index contributed by atoms with van der Waals surface area (Å²) in [6.07, 6.45) is -1.71. The molecule has 97 heavy (non-hydrogen) atoms. The maximum absolute atomic E-state index is 15.7. The van der Waals surface area contributed by atoms with Gasteiger partial charge in [-0.2, -0.15) is 31.1 Å². The van der Waals surface area contributed by atoms with Crippen molar-refractivity contribution in [2.75, 3.05) is 76.5 Å². The molecule has 6 atom stereocenters. The summed E-state index contributed by atoms with van der Waals surface area (Å²) in [5, 5.41) is 50.2. The van der Waals surface area contributed by atoms with E-state index in [2.05, 4.69) is 108 Å². The van der Waals surface area contributed by atoms with Gasteiger partial charge >= 0.3 is 18.3 Å². The fourth-order valence-electron chi connectivity index (χ4n) is 10.7. The minimum atomic E-state index is -1.46. The Balaban J connectivity index is 0.000000248. The number of nitrogens with two attached hydrogens (primary N) is 3. The number of carbonyl (C=O) groups excluding carboxylic acids is 7. The van der Waals surface area contributed by atoms with Crippen LogP contribution in [0.15, 0.2) is 91.4 Å². The van der Waals surface area contributed by atoms with Gasteiger partial charge in [0, 0.05) is 82.7 Å². The summed E-state index contributed by atoms with van der Waals surface area (Å²) < 4.78 is 65.3. The maximum atomic E-state index is 15.7. The number of benzene rings is 3. The van der Waals surface area contributed by atoms with Gasteiger partial charge in [0.1, 0.15) is 58.1 Å². The van der Waals surface area contributed by atoms with Crippen molar-refractivity contribution in [2.24, 2.45) is 17.2 Å². The summed E-state index contributed by atoms with van der Waals surface area (Å²) in [5.74, 6) is 2.91. The maximum Gasteiger partial charge on any atom is 0.412 e. The molecule has 9 rings (SSSR count). The summed E-state index contributed by atoms with van der Waals surface area (Å²) in [6.45, 7) is 4.66. The van der Waals surface area contributed by atoms with Gasteiger partial charge in [-0.05, 0) is 125 Å². The third-order valence-electron chi connectivity index (χ3n) is 16.0. The fourth-order valence-corrected chi connectivity index (χ4v) is 11.5. The summed E-state index contributed by atoms with van der Waals surface area (Å²) in [5.41, 5.74) is 15.7. The lowest BCUT2D eigenvalue weighted by Crippen LogP contribution is -2.54. The molecule has 6 amide bonds. The van der Waals surface area contributed by atoms with Crippen molar-refractivity contribution in [1.29, 1.82) is 15.8 Å². The molecule has 6 aromatic rings. The van der Waals surface area contributed by atoms with E-state index in [9.17, 15) is 48.5 Å². The van der Waals surface area contributed by atoms with Crippen molar-refractivity contribution in [3.05, 3.63) is 137 Å². The van der Waals surface area contributed by atoms with Crippen molar-refractivity contribution in [3.8, 4) is 30.0 Å². The average Bonchev–Trinajstić information content (AvgIpc) is 1.71. The molecule has 514 valence electrons. The van der Waals surface area contributed by atoms with E-state index in [1.807, 2.05) is 88.7 Å². The first-order valence-electron chi connectivity index (χ1n) is 29.3. The van der Waals surface area contributed by atoms with Crippen LogP contribution >= 0.6 is 57.6 Å². The number of primary amides is 3. The Morgan fingerprint density at radius 2 is 0.948 bits per heavy atom. The van der Waals surface area contributed by atoms with Gasteiger partial charge in [0.05, 0.1) is 58.8 Å². The third kappa shape index (κ3) is 20.1. The van der Waals surface area contributed by atoms with Crippen LogP contribution in [0.5, 0.6) is 0 Å². The van der Waals surface area contributed by atoms with Crippen LogP contribution in [0.4, 0.5) is 45.0 Å². The smallest absolute Gasteiger partial charge is 0.412 e. The topological polar surface area (TPSA) is 405 Å². The molecule has 3 aromatic carbocycles. The van der Waals surface area contributed by atoms with Gasteiger partial charge in [0.2, 0.25) is 0 Å². The normalized spacial score (nSPS) is 20.2. The number of carbonyl (C=O) groups is 7. The monoisotopic (exact) mass is 1580 g/mol. The van der Waals surface area contributed by atoms with Gasteiger partial charge in [0.25, 0.3) is 17.7 Å². The number of nitriles is 3. The first-order valence-corrected chi connectivity index (χ1v) is 31.4. The molecule has 0 bridgehead atoms. The van der Waals surface area contributed by atoms with E-state index in [-0.39, 0.29) is 91.9 Å². The van der Waals surface area contributed by atoms with Gasteiger partial charge < -0.3 is 36.7 Å². The molecule has 0 saturated carbocycles. The highest BCUT2D eigenvalue weighted by Crippen LogP contribution is 2.40. The molecule has 0 aliphatic carbocycles. The number of piperidine rings is 3. The number of nitrogens with one attached hydrogen (secondary N) is 4. The third-order valence-corrected chi connectivity index (χ3v) is 17.4. The molecule has 34 heteroatoms. The molecular weight excluding hydrogens is 1520 g/mol. The zero-order chi connectivity index (χ0) is 70.3. The molecule has 10 N–H and O–H groups in total. The molecule has 3 aliphatic rings. The number of amides is 6. The van der Waals surface area contributed by atoms with Crippen LogP contribution in [0.2, 0.25) is 0 Å².